The van der Waals surface area contributed by atoms with Gasteiger partial charge in [-0.1, -0.05) is 6.92 Å². The Hall–Kier alpha value is 0.01000. The maximum Gasteiger partial charge on any atom is 0.488 e. The molecule has 1 heterocycles. The molecule has 2 unspecified atom stereocenters. The van der Waals surface area contributed by atoms with Gasteiger partial charge in [-0.2, -0.15) is 4.31 Å². The van der Waals surface area contributed by atoms with Gasteiger partial charge in [0.1, 0.15) is 12.4 Å². The third kappa shape index (κ3) is 8.09. The zero-order chi connectivity index (χ0) is 17.7. The number of hydrogen-bond donors (Lipinski definition) is 2. The lowest BCUT2D eigenvalue weighted by molar-refractivity contribution is -0.145. The average Bonchev–Trinajstić information content (AvgIpc) is 2.36. The number of Topliss-reactive ketones (excluding diaryl/α,β-unsaturated/α-hetero) is 1. The Bertz CT molecular complexity index is 576. The summed E-state index contributed by atoms with van der Waals surface area (Å²) < 4.78 is 44.6. The normalized spacial score (nSPS) is 34.0. The number of carbonyl (C=O) groups excluding carboxylic acids is 2. The van der Waals surface area contributed by atoms with Crippen LogP contribution in [-0.2, 0) is 52.7 Å². The molecule has 1 aliphatic rings. The van der Waals surface area contributed by atoms with Crippen LogP contribution in [-0.4, -0.2) is 34.8 Å². The van der Waals surface area contributed by atoms with Gasteiger partial charge >= 0.3 is 28.3 Å². The van der Waals surface area contributed by atoms with Gasteiger partial charge in [-0.3, -0.25) is 9.59 Å². The molecular formula is C8H15O11P3S. The quantitative estimate of drug-likeness (QED) is 0.339. The van der Waals surface area contributed by atoms with Crippen LogP contribution in [0.15, 0.2) is 0 Å². The Labute approximate surface area is 136 Å². The van der Waals surface area contributed by atoms with Crippen molar-refractivity contribution in [2.75, 3.05) is 13.2 Å². The first kappa shape index (κ1) is 21.1. The minimum Gasteiger partial charge on any atom is -0.463 e. The highest BCUT2D eigenvalue weighted by molar-refractivity contribution is 8.11. The van der Waals surface area contributed by atoms with E-state index in [1.54, 1.807) is 6.92 Å². The van der Waals surface area contributed by atoms with E-state index in [9.17, 15) is 18.7 Å². The minimum absolute atomic E-state index is 0.0547. The molecule has 0 radical (unpaired) electrons. The topological polar surface area (TPSA) is 155 Å². The van der Waals surface area contributed by atoms with Crippen LogP contribution in [0.3, 0.4) is 0 Å². The molecule has 1 rings (SSSR count). The van der Waals surface area contributed by atoms with Gasteiger partial charge in [-0.05, 0) is 11.8 Å². The van der Waals surface area contributed by atoms with Crippen LogP contribution in [0.2, 0.25) is 0 Å². The summed E-state index contributed by atoms with van der Waals surface area (Å²) in [5.41, 5.74) is 0. The van der Waals surface area contributed by atoms with E-state index in [-0.39, 0.29) is 25.2 Å². The second-order valence-electron chi connectivity index (χ2n) is 4.08. The van der Waals surface area contributed by atoms with E-state index in [0.29, 0.717) is 6.42 Å². The van der Waals surface area contributed by atoms with Crippen molar-refractivity contribution in [2.24, 2.45) is 0 Å². The molecule has 1 fully saturated rings. The second kappa shape index (κ2) is 8.40. The summed E-state index contributed by atoms with van der Waals surface area (Å²) in [6.45, 7) is -3.08. The Morgan fingerprint density at radius 1 is 1.04 bits per heavy atom. The zero-order valence-corrected chi connectivity index (χ0v) is 15.4. The Morgan fingerprint density at radius 3 is 2.13 bits per heavy atom. The minimum atomic E-state index is -4.89. The molecule has 15 heteroatoms. The third-order valence-electron chi connectivity index (χ3n) is 2.21. The van der Waals surface area contributed by atoms with Gasteiger partial charge in [-0.25, -0.2) is 17.8 Å². The van der Waals surface area contributed by atoms with Crippen molar-refractivity contribution in [3.05, 3.63) is 0 Å². The van der Waals surface area contributed by atoms with Crippen LogP contribution in [0.1, 0.15) is 26.2 Å². The van der Waals surface area contributed by atoms with E-state index in [1.165, 1.54) is 0 Å². The van der Waals surface area contributed by atoms with Gasteiger partial charge in [0, 0.05) is 12.8 Å². The molecule has 1 saturated heterocycles. The van der Waals surface area contributed by atoms with E-state index in [0.717, 1.165) is 0 Å². The lowest BCUT2D eigenvalue weighted by atomic mass is 10.2. The van der Waals surface area contributed by atoms with Gasteiger partial charge in [-0.15, -0.1) is 0 Å². The summed E-state index contributed by atoms with van der Waals surface area (Å²) >= 11 is 4.65. The number of rotatable bonds is 8. The van der Waals surface area contributed by atoms with Crippen LogP contribution in [0.4, 0.5) is 0 Å². The molecule has 0 aliphatic carbocycles. The number of ketones is 1. The number of ether oxygens (including phenoxy) is 1. The van der Waals surface area contributed by atoms with Crippen molar-refractivity contribution >= 4 is 45.9 Å². The van der Waals surface area contributed by atoms with Crippen molar-refractivity contribution in [3.63, 3.8) is 0 Å². The van der Waals surface area contributed by atoms with Crippen molar-refractivity contribution in [1.29, 1.82) is 0 Å². The Kier molecular flexibility index (Phi) is 7.69. The Morgan fingerprint density at radius 2 is 1.61 bits per heavy atom. The van der Waals surface area contributed by atoms with E-state index in [4.69, 9.17) is 19.0 Å². The molecule has 23 heavy (non-hydrogen) atoms. The molecule has 0 amide bonds. The van der Waals surface area contributed by atoms with E-state index >= 15 is 0 Å². The van der Waals surface area contributed by atoms with Gasteiger partial charge in [0.15, 0.2) is 0 Å². The smallest absolute Gasteiger partial charge is 0.463 e. The summed E-state index contributed by atoms with van der Waals surface area (Å²) in [7, 11) is -9.77. The zero-order valence-electron chi connectivity index (χ0n) is 11.9. The predicted molar refractivity (Wildman–Crippen MR) is 78.6 cm³/mol. The van der Waals surface area contributed by atoms with Crippen molar-refractivity contribution in [2.45, 2.75) is 26.2 Å². The molecule has 2 atom stereocenters. The van der Waals surface area contributed by atoms with E-state index in [2.05, 4.69) is 24.7 Å². The first-order valence-corrected chi connectivity index (χ1v) is 11.7. The molecule has 0 spiro atoms. The van der Waals surface area contributed by atoms with Crippen LogP contribution >= 0.6 is 22.4 Å². The molecule has 0 aromatic rings. The number of hydrogen-bond acceptors (Lipinski definition) is 10. The lowest BCUT2D eigenvalue weighted by Crippen LogP contribution is -2.13. The molecule has 0 bridgehead atoms. The maximum atomic E-state index is 11.3. The van der Waals surface area contributed by atoms with Gasteiger partial charge in [0.25, 0.3) is 0 Å². The highest BCUT2D eigenvalue weighted by atomic mass is 32.5. The largest absolute Gasteiger partial charge is 0.488 e. The van der Waals surface area contributed by atoms with Crippen molar-refractivity contribution < 1.29 is 50.7 Å². The maximum absolute atomic E-state index is 11.3. The molecule has 1 aliphatic heterocycles. The molecule has 0 aromatic carbocycles. The highest BCUT2D eigenvalue weighted by Crippen LogP contribution is 2.80. The molecule has 0 aromatic heterocycles. The number of esters is 1. The molecule has 134 valence electrons. The lowest BCUT2D eigenvalue weighted by Gasteiger charge is -2.29. The Balaban J connectivity index is 2.39. The fraction of sp³-hybridized carbons (Fsp3) is 0.750. The first-order valence-electron chi connectivity index (χ1n) is 6.18. The summed E-state index contributed by atoms with van der Waals surface area (Å²) in [6, 6.07) is 0. The number of phosphoric acid groups is 2. The standard InChI is InChI=1S/C8H15O11P3S/c1-2-7(9)3-4-8(10)15-5-6-16-22(23)18-20(11,12)17-21(13,14)19-22/h2-6H2,1H3,(H,11,12)(H,13,14). The van der Waals surface area contributed by atoms with E-state index < -0.39 is 34.9 Å². The van der Waals surface area contributed by atoms with Crippen LogP contribution in [0.25, 0.3) is 0 Å². The molecule has 0 saturated carbocycles. The summed E-state index contributed by atoms with van der Waals surface area (Å²) in [5.74, 6) is -0.739. The van der Waals surface area contributed by atoms with E-state index in [1.807, 2.05) is 0 Å². The van der Waals surface area contributed by atoms with Gasteiger partial charge in [0.05, 0.1) is 13.0 Å². The first-order chi connectivity index (χ1) is 10.5. The van der Waals surface area contributed by atoms with Crippen LogP contribution < -0.4 is 0 Å². The van der Waals surface area contributed by atoms with Crippen LogP contribution in [0.5, 0.6) is 0 Å². The summed E-state index contributed by atoms with van der Waals surface area (Å²) in [4.78, 5) is 40.5. The van der Waals surface area contributed by atoms with Crippen LogP contribution in [0, 0.1) is 0 Å². The highest BCUT2D eigenvalue weighted by Gasteiger charge is 2.51. The molecular weight excluding hydrogens is 397 g/mol. The summed E-state index contributed by atoms with van der Waals surface area (Å²) in [6.07, 6.45) is 0.275. The monoisotopic (exact) mass is 412 g/mol. The fourth-order valence-electron chi connectivity index (χ4n) is 1.27. The average molecular weight is 412 g/mol. The van der Waals surface area contributed by atoms with Crippen molar-refractivity contribution in [1.82, 2.24) is 0 Å². The van der Waals surface area contributed by atoms with Crippen molar-refractivity contribution in [3.8, 4) is 0 Å². The fourth-order valence-corrected chi connectivity index (χ4v) is 7.91. The summed E-state index contributed by atoms with van der Waals surface area (Å²) in [5, 5.41) is 0. The van der Waals surface area contributed by atoms with Gasteiger partial charge < -0.3 is 19.0 Å². The SMILES string of the molecule is CCC(=O)CCC(=O)OCCOP1(=S)OP(=O)(O)OP(=O)(O)O1. The second-order valence-corrected chi connectivity index (χ2v) is 10.4. The molecule has 2 N–H and O–H groups in total. The van der Waals surface area contributed by atoms with Gasteiger partial charge in [0.2, 0.25) is 0 Å². The number of carbonyl (C=O) groups is 2. The molecule has 11 nitrogen and oxygen atoms in total. The third-order valence-corrected chi connectivity index (χ3v) is 9.13. The predicted octanol–water partition coefficient (Wildman–Crippen LogP) is 1.79.